The molecule has 0 saturated carbocycles. The summed E-state index contributed by atoms with van der Waals surface area (Å²) in [6.07, 6.45) is 0. The van der Waals surface area contributed by atoms with Gasteiger partial charge in [0.15, 0.2) is 0 Å². The summed E-state index contributed by atoms with van der Waals surface area (Å²) in [7, 11) is 0. The number of aliphatic hydroxyl groups excluding tert-OH is 1. The Balaban J connectivity index is 1.90. The molecule has 1 aromatic heterocycles. The summed E-state index contributed by atoms with van der Waals surface area (Å²) < 4.78 is 4.02. The zero-order valence-electron chi connectivity index (χ0n) is 9.80. The van der Waals surface area contributed by atoms with E-state index in [0.29, 0.717) is 30.5 Å². The molecule has 2 heterocycles. The van der Waals surface area contributed by atoms with Gasteiger partial charge in [0, 0.05) is 32.7 Å². The third kappa shape index (κ3) is 2.99. The second-order valence-electron chi connectivity index (χ2n) is 4.00. The van der Waals surface area contributed by atoms with Crippen LogP contribution in [0.2, 0.25) is 0 Å². The molecule has 1 aliphatic heterocycles. The SMILES string of the molecule is Cc1nsc(C(=O)N2CCN(CCO)CC2)n1. The van der Waals surface area contributed by atoms with E-state index in [1.807, 2.05) is 0 Å². The molecule has 0 spiro atoms. The predicted molar refractivity (Wildman–Crippen MR) is 64.1 cm³/mol. The van der Waals surface area contributed by atoms with Crippen LogP contribution in [0.3, 0.4) is 0 Å². The number of carbonyl (C=O) groups is 1. The van der Waals surface area contributed by atoms with E-state index in [1.54, 1.807) is 11.8 Å². The lowest BCUT2D eigenvalue weighted by atomic mass is 10.3. The van der Waals surface area contributed by atoms with Crippen molar-refractivity contribution >= 4 is 17.4 Å². The van der Waals surface area contributed by atoms with Crippen molar-refractivity contribution in [3.63, 3.8) is 0 Å². The maximum Gasteiger partial charge on any atom is 0.284 e. The molecule has 1 N–H and O–H groups in total. The number of hydrogen-bond donors (Lipinski definition) is 1. The van der Waals surface area contributed by atoms with Crippen molar-refractivity contribution in [3.8, 4) is 0 Å². The third-order valence-corrected chi connectivity index (χ3v) is 3.58. The average Bonchev–Trinajstić information content (AvgIpc) is 2.76. The summed E-state index contributed by atoms with van der Waals surface area (Å²) in [5.74, 6) is 0.622. The molecule has 1 saturated heterocycles. The molecule has 0 aliphatic carbocycles. The van der Waals surface area contributed by atoms with Gasteiger partial charge < -0.3 is 10.0 Å². The standard InChI is InChI=1S/C10H16N4O2S/c1-8-11-9(17-12-8)10(16)14-4-2-13(3-5-14)6-7-15/h15H,2-7H2,1H3. The van der Waals surface area contributed by atoms with Crippen molar-refractivity contribution in [2.24, 2.45) is 0 Å². The zero-order valence-corrected chi connectivity index (χ0v) is 10.6. The quantitative estimate of drug-likeness (QED) is 0.796. The summed E-state index contributed by atoms with van der Waals surface area (Å²) in [6.45, 7) is 5.64. The minimum atomic E-state index is -0.0285. The Morgan fingerprint density at radius 2 is 2.12 bits per heavy atom. The molecule has 0 bridgehead atoms. The highest BCUT2D eigenvalue weighted by Crippen LogP contribution is 2.10. The predicted octanol–water partition coefficient (Wildman–Crippen LogP) is -0.403. The first-order chi connectivity index (χ1) is 8.20. The maximum absolute atomic E-state index is 12.0. The minimum Gasteiger partial charge on any atom is -0.395 e. The van der Waals surface area contributed by atoms with Gasteiger partial charge in [0.2, 0.25) is 5.01 Å². The van der Waals surface area contributed by atoms with E-state index in [9.17, 15) is 4.79 Å². The van der Waals surface area contributed by atoms with Gasteiger partial charge in [-0.25, -0.2) is 4.98 Å². The molecule has 0 aromatic carbocycles. The van der Waals surface area contributed by atoms with Gasteiger partial charge in [-0.05, 0) is 18.5 Å². The maximum atomic E-state index is 12.0. The summed E-state index contributed by atoms with van der Waals surface area (Å²) in [6, 6.07) is 0. The topological polar surface area (TPSA) is 69.6 Å². The Kier molecular flexibility index (Phi) is 4.03. The molecule has 17 heavy (non-hydrogen) atoms. The number of aromatic nitrogens is 2. The summed E-state index contributed by atoms with van der Waals surface area (Å²) in [5, 5.41) is 9.31. The smallest absolute Gasteiger partial charge is 0.284 e. The van der Waals surface area contributed by atoms with Crippen LogP contribution in [0, 0.1) is 6.92 Å². The molecule has 0 atom stereocenters. The number of aryl methyl sites for hydroxylation is 1. The average molecular weight is 256 g/mol. The van der Waals surface area contributed by atoms with Gasteiger partial charge in [0.25, 0.3) is 5.91 Å². The fourth-order valence-corrected chi connectivity index (χ4v) is 2.47. The number of piperazine rings is 1. The second-order valence-corrected chi connectivity index (χ2v) is 4.76. The fourth-order valence-electron chi connectivity index (χ4n) is 1.84. The molecule has 1 aromatic rings. The van der Waals surface area contributed by atoms with Gasteiger partial charge in [0.1, 0.15) is 5.82 Å². The molecule has 0 unspecified atom stereocenters. The Hall–Kier alpha value is -1.05. The van der Waals surface area contributed by atoms with Gasteiger partial charge in [-0.15, -0.1) is 0 Å². The van der Waals surface area contributed by atoms with Crippen LogP contribution in [0.15, 0.2) is 0 Å². The number of β-amino-alcohol motifs (C(OH)–C–C–N with tert-alkyl or cyclic N) is 1. The van der Waals surface area contributed by atoms with Crippen LogP contribution < -0.4 is 0 Å². The van der Waals surface area contributed by atoms with Crippen molar-refractivity contribution in [2.75, 3.05) is 39.3 Å². The Bertz CT molecular complexity index is 387. The first-order valence-electron chi connectivity index (χ1n) is 5.63. The summed E-state index contributed by atoms with van der Waals surface area (Å²) >= 11 is 1.16. The van der Waals surface area contributed by atoms with E-state index in [-0.39, 0.29) is 12.5 Å². The lowest BCUT2D eigenvalue weighted by Gasteiger charge is -2.33. The number of hydrogen-bond acceptors (Lipinski definition) is 6. The molecule has 1 aliphatic rings. The van der Waals surface area contributed by atoms with E-state index < -0.39 is 0 Å². The molecule has 1 amide bonds. The van der Waals surface area contributed by atoms with Crippen LogP contribution in [0.25, 0.3) is 0 Å². The van der Waals surface area contributed by atoms with Gasteiger partial charge in [-0.1, -0.05) is 0 Å². The van der Waals surface area contributed by atoms with Gasteiger partial charge >= 0.3 is 0 Å². The highest BCUT2D eigenvalue weighted by molar-refractivity contribution is 7.07. The minimum absolute atomic E-state index is 0.0285. The number of aliphatic hydroxyl groups is 1. The van der Waals surface area contributed by atoms with Crippen molar-refractivity contribution < 1.29 is 9.90 Å². The van der Waals surface area contributed by atoms with Crippen LogP contribution in [-0.4, -0.2) is 69.5 Å². The van der Waals surface area contributed by atoms with Crippen LogP contribution in [-0.2, 0) is 0 Å². The number of rotatable bonds is 3. The van der Waals surface area contributed by atoms with Gasteiger partial charge in [-0.2, -0.15) is 4.37 Å². The van der Waals surface area contributed by atoms with Crippen LogP contribution in [0.1, 0.15) is 15.6 Å². The van der Waals surface area contributed by atoms with Crippen molar-refractivity contribution in [3.05, 3.63) is 10.8 Å². The van der Waals surface area contributed by atoms with E-state index in [1.165, 1.54) is 0 Å². The van der Waals surface area contributed by atoms with Gasteiger partial charge in [-0.3, -0.25) is 9.69 Å². The molecule has 6 nitrogen and oxygen atoms in total. The first-order valence-corrected chi connectivity index (χ1v) is 6.41. The van der Waals surface area contributed by atoms with Crippen molar-refractivity contribution in [2.45, 2.75) is 6.92 Å². The molecule has 94 valence electrons. The Labute approximate surface area is 104 Å². The lowest BCUT2D eigenvalue weighted by Crippen LogP contribution is -2.49. The molecule has 2 rings (SSSR count). The summed E-state index contributed by atoms with van der Waals surface area (Å²) in [5.41, 5.74) is 0. The Morgan fingerprint density at radius 1 is 1.41 bits per heavy atom. The third-order valence-electron chi connectivity index (χ3n) is 2.79. The zero-order chi connectivity index (χ0) is 12.3. The number of amides is 1. The van der Waals surface area contributed by atoms with Crippen LogP contribution in [0.5, 0.6) is 0 Å². The van der Waals surface area contributed by atoms with Crippen molar-refractivity contribution in [1.29, 1.82) is 0 Å². The monoisotopic (exact) mass is 256 g/mol. The van der Waals surface area contributed by atoms with E-state index in [4.69, 9.17) is 5.11 Å². The molecular formula is C10H16N4O2S. The largest absolute Gasteiger partial charge is 0.395 e. The van der Waals surface area contributed by atoms with Crippen LogP contribution in [0.4, 0.5) is 0 Å². The second kappa shape index (κ2) is 5.52. The normalized spacial score (nSPS) is 17.4. The van der Waals surface area contributed by atoms with E-state index in [2.05, 4.69) is 14.3 Å². The highest BCUT2D eigenvalue weighted by Gasteiger charge is 2.23. The lowest BCUT2D eigenvalue weighted by molar-refractivity contribution is 0.0614. The van der Waals surface area contributed by atoms with E-state index in [0.717, 1.165) is 24.6 Å². The van der Waals surface area contributed by atoms with E-state index >= 15 is 0 Å². The fraction of sp³-hybridized carbons (Fsp3) is 0.700. The molecular weight excluding hydrogens is 240 g/mol. The van der Waals surface area contributed by atoms with Crippen molar-refractivity contribution in [1.82, 2.24) is 19.2 Å². The highest BCUT2D eigenvalue weighted by atomic mass is 32.1. The Morgan fingerprint density at radius 3 is 2.65 bits per heavy atom. The first kappa shape index (κ1) is 12.4. The molecule has 1 fully saturated rings. The number of carbonyl (C=O) groups excluding carboxylic acids is 1. The molecule has 7 heteroatoms. The summed E-state index contributed by atoms with van der Waals surface area (Å²) in [4.78, 5) is 20.1. The number of nitrogens with zero attached hydrogens (tertiary/aromatic N) is 4. The van der Waals surface area contributed by atoms with Gasteiger partial charge in [0.05, 0.1) is 6.61 Å². The molecule has 0 radical (unpaired) electrons. The van der Waals surface area contributed by atoms with Crippen LogP contribution >= 0.6 is 11.5 Å².